The maximum absolute atomic E-state index is 12.7. The van der Waals surface area contributed by atoms with Crippen LogP contribution >= 0.6 is 0 Å². The number of aryl methyl sites for hydroxylation is 1. The predicted octanol–water partition coefficient (Wildman–Crippen LogP) is 2.22. The highest BCUT2D eigenvalue weighted by Gasteiger charge is 2.15. The van der Waals surface area contributed by atoms with E-state index in [9.17, 15) is 4.79 Å². The lowest BCUT2D eigenvalue weighted by atomic mass is 10.0. The molecule has 0 bridgehead atoms. The zero-order valence-electron chi connectivity index (χ0n) is 18.3. The number of piperazine rings is 1. The Kier molecular flexibility index (Phi) is 6.01. The summed E-state index contributed by atoms with van der Waals surface area (Å²) in [7, 11) is 3.88. The van der Waals surface area contributed by atoms with E-state index in [-0.39, 0.29) is 5.56 Å². The first-order chi connectivity index (χ1) is 14.9. The van der Waals surface area contributed by atoms with Crippen LogP contribution in [-0.4, -0.2) is 57.8 Å². The van der Waals surface area contributed by atoms with Crippen LogP contribution in [0.25, 0.3) is 11.1 Å². The number of rotatable bonds is 5. The summed E-state index contributed by atoms with van der Waals surface area (Å²) in [6.45, 7) is 6.97. The number of aromatic nitrogens is 3. The molecule has 0 saturated carbocycles. The molecule has 31 heavy (non-hydrogen) atoms. The Balaban J connectivity index is 1.53. The van der Waals surface area contributed by atoms with Gasteiger partial charge >= 0.3 is 0 Å². The van der Waals surface area contributed by atoms with Crippen molar-refractivity contribution >= 4 is 17.2 Å². The number of anilines is 3. The normalized spacial score (nSPS) is 15.2. The molecule has 3 heterocycles. The van der Waals surface area contributed by atoms with Crippen LogP contribution in [-0.2, 0) is 13.6 Å². The van der Waals surface area contributed by atoms with Gasteiger partial charge in [-0.3, -0.25) is 9.69 Å². The molecule has 0 atom stereocenters. The van der Waals surface area contributed by atoms with Gasteiger partial charge in [0.15, 0.2) is 5.82 Å². The molecule has 8 nitrogen and oxygen atoms in total. The minimum absolute atomic E-state index is 0.131. The molecule has 1 saturated heterocycles. The Labute approximate surface area is 182 Å². The lowest BCUT2D eigenvalue weighted by Gasteiger charge is -2.31. The molecule has 1 aromatic carbocycles. The third-order valence-corrected chi connectivity index (χ3v) is 5.83. The van der Waals surface area contributed by atoms with Crippen LogP contribution in [0.2, 0.25) is 0 Å². The van der Waals surface area contributed by atoms with E-state index in [4.69, 9.17) is 5.73 Å². The van der Waals surface area contributed by atoms with Gasteiger partial charge in [0.2, 0.25) is 0 Å². The van der Waals surface area contributed by atoms with E-state index in [2.05, 4.69) is 32.4 Å². The number of likely N-dealkylation sites (N-methyl/N-ethyl adjacent to an activating group) is 1. The van der Waals surface area contributed by atoms with Gasteiger partial charge in [0.25, 0.3) is 5.56 Å². The van der Waals surface area contributed by atoms with Gasteiger partial charge < -0.3 is 20.5 Å². The van der Waals surface area contributed by atoms with Gasteiger partial charge in [-0.1, -0.05) is 12.1 Å². The number of nitrogens with one attached hydrogen (secondary N) is 1. The molecule has 1 fully saturated rings. The monoisotopic (exact) mass is 419 g/mol. The van der Waals surface area contributed by atoms with Crippen molar-refractivity contribution in [2.24, 2.45) is 7.05 Å². The first-order valence-corrected chi connectivity index (χ1v) is 10.5. The van der Waals surface area contributed by atoms with Gasteiger partial charge in [0, 0.05) is 57.2 Å². The van der Waals surface area contributed by atoms with Crippen molar-refractivity contribution in [3.8, 4) is 11.1 Å². The molecule has 8 heteroatoms. The number of nitrogen functional groups attached to an aromatic ring is 1. The van der Waals surface area contributed by atoms with Gasteiger partial charge in [-0.25, -0.2) is 0 Å². The summed E-state index contributed by atoms with van der Waals surface area (Å²) >= 11 is 0. The fourth-order valence-corrected chi connectivity index (χ4v) is 3.80. The van der Waals surface area contributed by atoms with E-state index >= 15 is 0 Å². The molecule has 1 aliphatic rings. The maximum atomic E-state index is 12.7. The Morgan fingerprint density at radius 2 is 1.84 bits per heavy atom. The van der Waals surface area contributed by atoms with Crippen molar-refractivity contribution < 1.29 is 0 Å². The summed E-state index contributed by atoms with van der Waals surface area (Å²) in [4.78, 5) is 17.4. The van der Waals surface area contributed by atoms with E-state index in [0.717, 1.165) is 60.8 Å². The summed E-state index contributed by atoms with van der Waals surface area (Å²) in [6.07, 6.45) is 1.82. The van der Waals surface area contributed by atoms with Gasteiger partial charge in [-0.2, -0.15) is 5.10 Å². The van der Waals surface area contributed by atoms with Gasteiger partial charge in [-0.05, 0) is 49.4 Å². The Hall–Kier alpha value is -3.23. The van der Waals surface area contributed by atoms with Crippen LogP contribution < -0.4 is 16.6 Å². The SMILES string of the molecule is Cc1c(N)cccc1-c1cc(Nc2ccc(CN3CCN(C)CC3)nn2)c(=O)n(C)c1. The van der Waals surface area contributed by atoms with Crippen LogP contribution in [0.4, 0.5) is 17.2 Å². The molecule has 162 valence electrons. The highest BCUT2D eigenvalue weighted by Crippen LogP contribution is 2.28. The number of nitrogens with zero attached hydrogens (tertiary/aromatic N) is 5. The number of hydrogen-bond acceptors (Lipinski definition) is 7. The summed E-state index contributed by atoms with van der Waals surface area (Å²) < 4.78 is 1.56. The number of nitrogens with two attached hydrogens (primary N) is 1. The second-order valence-electron chi connectivity index (χ2n) is 8.19. The summed E-state index contributed by atoms with van der Waals surface area (Å²) in [5.74, 6) is 0.542. The molecule has 1 aliphatic heterocycles. The van der Waals surface area contributed by atoms with Gasteiger partial charge in [0.1, 0.15) is 5.69 Å². The lowest BCUT2D eigenvalue weighted by Crippen LogP contribution is -2.44. The van der Waals surface area contributed by atoms with Crippen LogP contribution in [0, 0.1) is 6.92 Å². The van der Waals surface area contributed by atoms with E-state index in [1.807, 2.05) is 49.5 Å². The zero-order valence-corrected chi connectivity index (χ0v) is 18.3. The van der Waals surface area contributed by atoms with Crippen LogP contribution in [0.1, 0.15) is 11.3 Å². The quantitative estimate of drug-likeness (QED) is 0.613. The molecule has 0 spiro atoms. The molecule has 2 aromatic heterocycles. The topological polar surface area (TPSA) is 92.3 Å². The number of hydrogen-bond donors (Lipinski definition) is 2. The molecule has 3 aromatic rings. The first kappa shape index (κ1) is 21.0. The minimum atomic E-state index is -0.131. The molecular weight excluding hydrogens is 390 g/mol. The van der Waals surface area contributed by atoms with Gasteiger partial charge in [0.05, 0.1) is 5.69 Å². The van der Waals surface area contributed by atoms with Crippen molar-refractivity contribution in [1.29, 1.82) is 0 Å². The molecular formula is C23H29N7O. The second kappa shape index (κ2) is 8.87. The highest BCUT2D eigenvalue weighted by molar-refractivity contribution is 5.75. The summed E-state index contributed by atoms with van der Waals surface area (Å²) in [5, 5.41) is 11.8. The molecule has 4 rings (SSSR count). The number of benzene rings is 1. The van der Waals surface area contributed by atoms with E-state index in [0.29, 0.717) is 11.5 Å². The van der Waals surface area contributed by atoms with Crippen LogP contribution in [0.5, 0.6) is 0 Å². The summed E-state index contributed by atoms with van der Waals surface area (Å²) in [6, 6.07) is 11.5. The van der Waals surface area contributed by atoms with E-state index in [1.54, 1.807) is 11.6 Å². The fourth-order valence-electron chi connectivity index (χ4n) is 3.80. The smallest absolute Gasteiger partial charge is 0.274 e. The average molecular weight is 420 g/mol. The third-order valence-electron chi connectivity index (χ3n) is 5.83. The lowest BCUT2D eigenvalue weighted by molar-refractivity contribution is 0.146. The van der Waals surface area contributed by atoms with Crippen molar-refractivity contribution in [3.05, 3.63) is 64.2 Å². The Bertz CT molecular complexity index is 1120. The highest BCUT2D eigenvalue weighted by atomic mass is 16.1. The van der Waals surface area contributed by atoms with Crippen molar-refractivity contribution in [3.63, 3.8) is 0 Å². The Morgan fingerprint density at radius 1 is 1.06 bits per heavy atom. The van der Waals surface area contributed by atoms with Crippen molar-refractivity contribution in [2.75, 3.05) is 44.3 Å². The largest absolute Gasteiger partial charge is 0.398 e. The second-order valence-corrected chi connectivity index (χ2v) is 8.19. The van der Waals surface area contributed by atoms with E-state index in [1.165, 1.54) is 0 Å². The molecule has 3 N–H and O–H groups in total. The zero-order chi connectivity index (χ0) is 22.0. The minimum Gasteiger partial charge on any atom is -0.398 e. The molecule has 0 unspecified atom stereocenters. The van der Waals surface area contributed by atoms with Crippen LogP contribution in [0.3, 0.4) is 0 Å². The third kappa shape index (κ3) is 4.76. The molecule has 0 radical (unpaired) electrons. The van der Waals surface area contributed by atoms with E-state index < -0.39 is 0 Å². The maximum Gasteiger partial charge on any atom is 0.274 e. The Morgan fingerprint density at radius 3 is 2.55 bits per heavy atom. The van der Waals surface area contributed by atoms with Crippen molar-refractivity contribution in [2.45, 2.75) is 13.5 Å². The average Bonchev–Trinajstić information content (AvgIpc) is 2.76. The molecule has 0 amide bonds. The summed E-state index contributed by atoms with van der Waals surface area (Å²) in [5.41, 5.74) is 10.9. The standard InChI is InChI=1S/C23H29N7O/c1-16-19(5-4-6-20(16)24)17-13-21(23(31)29(3)14-17)25-22-8-7-18(26-27-22)15-30-11-9-28(2)10-12-30/h4-8,13-14H,9-12,15,24H2,1-3H3,(H,25,27). The van der Waals surface area contributed by atoms with Crippen molar-refractivity contribution in [1.82, 2.24) is 24.6 Å². The number of pyridine rings is 1. The fraction of sp³-hybridized carbons (Fsp3) is 0.348. The first-order valence-electron chi connectivity index (χ1n) is 10.5. The van der Waals surface area contributed by atoms with Crippen LogP contribution in [0.15, 0.2) is 47.4 Å². The predicted molar refractivity (Wildman–Crippen MR) is 124 cm³/mol. The molecule has 0 aliphatic carbocycles. The van der Waals surface area contributed by atoms with Gasteiger partial charge in [-0.15, -0.1) is 5.10 Å².